The Morgan fingerprint density at radius 2 is 1.78 bits per heavy atom. The zero-order valence-electron chi connectivity index (χ0n) is 16.1. The van der Waals surface area contributed by atoms with E-state index >= 15 is 0 Å². The lowest BCUT2D eigenvalue weighted by Gasteiger charge is -2.33. The molecule has 2 aliphatic rings. The fraction of sp³-hybridized carbons (Fsp3) is 0.600. The predicted octanol–water partition coefficient (Wildman–Crippen LogP) is 2.02. The van der Waals surface area contributed by atoms with Gasteiger partial charge in [-0.2, -0.15) is 0 Å². The van der Waals surface area contributed by atoms with Crippen molar-refractivity contribution in [2.24, 2.45) is 5.92 Å². The van der Waals surface area contributed by atoms with Crippen molar-refractivity contribution in [3.05, 3.63) is 35.4 Å². The summed E-state index contributed by atoms with van der Waals surface area (Å²) < 4.78 is 0. The van der Waals surface area contributed by atoms with Crippen molar-refractivity contribution in [2.45, 2.75) is 32.7 Å². The monoisotopic (exact) mass is 394 g/mol. The Hall–Kier alpha value is -1.79. The summed E-state index contributed by atoms with van der Waals surface area (Å²) in [5.41, 5.74) is 2.51. The maximum Gasteiger partial charge on any atom is 0.318 e. The second-order valence-corrected chi connectivity index (χ2v) is 7.23. The summed E-state index contributed by atoms with van der Waals surface area (Å²) in [7, 11) is 0. The highest BCUT2D eigenvalue weighted by molar-refractivity contribution is 5.85. The topological polar surface area (TPSA) is 64.7 Å². The van der Waals surface area contributed by atoms with Gasteiger partial charge in [0.05, 0.1) is 6.54 Å². The first-order valence-electron chi connectivity index (χ1n) is 9.75. The van der Waals surface area contributed by atoms with Crippen LogP contribution in [0.2, 0.25) is 0 Å². The standard InChI is InChI=1S/C20H30N4O2.ClH/c1-2-21-13-16-7-10-23(11-8-16)19(25)14-22-20(26)24-12-9-17-5-3-4-6-18(17)15-24;/h3-6,16,21H,2,7-15H2,1H3,(H,22,26);1H. The number of fused-ring (bicyclic) bond motifs is 1. The molecule has 0 bridgehead atoms. The van der Waals surface area contributed by atoms with Crippen LogP contribution >= 0.6 is 12.4 Å². The fourth-order valence-electron chi connectivity index (χ4n) is 3.78. The van der Waals surface area contributed by atoms with E-state index in [0.29, 0.717) is 19.0 Å². The number of carbonyl (C=O) groups is 2. The average Bonchev–Trinajstić information content (AvgIpc) is 2.70. The first-order chi connectivity index (χ1) is 12.7. The van der Waals surface area contributed by atoms with Crippen molar-refractivity contribution < 1.29 is 9.59 Å². The molecule has 2 heterocycles. The third-order valence-electron chi connectivity index (χ3n) is 5.46. The van der Waals surface area contributed by atoms with Gasteiger partial charge < -0.3 is 20.4 Å². The lowest BCUT2D eigenvalue weighted by molar-refractivity contribution is -0.131. The molecule has 27 heavy (non-hydrogen) atoms. The van der Waals surface area contributed by atoms with Gasteiger partial charge in [-0.3, -0.25) is 4.79 Å². The van der Waals surface area contributed by atoms with Gasteiger partial charge in [0.2, 0.25) is 5.91 Å². The summed E-state index contributed by atoms with van der Waals surface area (Å²) in [4.78, 5) is 28.5. The zero-order chi connectivity index (χ0) is 18.4. The zero-order valence-corrected chi connectivity index (χ0v) is 16.9. The van der Waals surface area contributed by atoms with Crippen LogP contribution in [0.1, 0.15) is 30.9 Å². The van der Waals surface area contributed by atoms with Crippen LogP contribution in [0.25, 0.3) is 0 Å². The molecule has 2 aliphatic heterocycles. The molecule has 0 aromatic heterocycles. The maximum absolute atomic E-state index is 12.4. The summed E-state index contributed by atoms with van der Waals surface area (Å²) in [5, 5.41) is 6.19. The third-order valence-corrected chi connectivity index (χ3v) is 5.46. The highest BCUT2D eigenvalue weighted by Crippen LogP contribution is 2.18. The van der Waals surface area contributed by atoms with Crippen molar-refractivity contribution >= 4 is 24.3 Å². The molecule has 1 aromatic rings. The number of benzene rings is 1. The lowest BCUT2D eigenvalue weighted by atomic mass is 9.97. The Morgan fingerprint density at radius 3 is 2.48 bits per heavy atom. The number of urea groups is 1. The maximum atomic E-state index is 12.4. The molecule has 1 aromatic carbocycles. The molecule has 0 atom stereocenters. The van der Waals surface area contributed by atoms with E-state index in [-0.39, 0.29) is 30.9 Å². The summed E-state index contributed by atoms with van der Waals surface area (Å²) in [5.74, 6) is 0.680. The second-order valence-electron chi connectivity index (χ2n) is 7.23. The molecule has 3 amide bonds. The number of hydrogen-bond acceptors (Lipinski definition) is 3. The van der Waals surface area contributed by atoms with E-state index in [2.05, 4.69) is 29.7 Å². The molecule has 6 nitrogen and oxygen atoms in total. The van der Waals surface area contributed by atoms with E-state index in [1.165, 1.54) is 11.1 Å². The number of rotatable bonds is 5. The molecule has 3 rings (SSSR count). The smallest absolute Gasteiger partial charge is 0.318 e. The summed E-state index contributed by atoms with van der Waals surface area (Å²) in [6.45, 7) is 7.14. The quantitative estimate of drug-likeness (QED) is 0.803. The molecular weight excluding hydrogens is 364 g/mol. The number of halogens is 1. The lowest BCUT2D eigenvalue weighted by Crippen LogP contribution is -2.48. The van der Waals surface area contributed by atoms with Crippen molar-refractivity contribution in [1.82, 2.24) is 20.4 Å². The van der Waals surface area contributed by atoms with Gasteiger partial charge in [-0.05, 0) is 49.4 Å². The Morgan fingerprint density at radius 1 is 1.07 bits per heavy atom. The second kappa shape index (κ2) is 10.5. The molecule has 150 valence electrons. The van der Waals surface area contributed by atoms with E-state index < -0.39 is 0 Å². The van der Waals surface area contributed by atoms with Gasteiger partial charge in [-0.1, -0.05) is 31.2 Å². The van der Waals surface area contributed by atoms with Gasteiger partial charge in [0, 0.05) is 26.2 Å². The molecule has 0 unspecified atom stereocenters. The van der Waals surface area contributed by atoms with Crippen molar-refractivity contribution in [2.75, 3.05) is 39.3 Å². The number of nitrogens with one attached hydrogen (secondary N) is 2. The molecule has 0 aliphatic carbocycles. The predicted molar refractivity (Wildman–Crippen MR) is 109 cm³/mol. The van der Waals surface area contributed by atoms with E-state index in [1.54, 1.807) is 4.90 Å². The minimum absolute atomic E-state index is 0. The number of hydrogen-bond donors (Lipinski definition) is 2. The van der Waals surface area contributed by atoms with Crippen LogP contribution in [0, 0.1) is 5.92 Å². The first-order valence-corrected chi connectivity index (χ1v) is 9.75. The molecular formula is C20H31ClN4O2. The molecule has 0 radical (unpaired) electrons. The highest BCUT2D eigenvalue weighted by Gasteiger charge is 2.24. The van der Waals surface area contributed by atoms with Crippen LogP contribution in [0.3, 0.4) is 0 Å². The minimum Gasteiger partial charge on any atom is -0.341 e. The Bertz CT molecular complexity index is 632. The summed E-state index contributed by atoms with van der Waals surface area (Å²) in [6, 6.07) is 8.08. The number of likely N-dealkylation sites (tertiary alicyclic amines) is 1. The van der Waals surface area contributed by atoms with Gasteiger partial charge in [-0.25, -0.2) is 4.79 Å². The van der Waals surface area contributed by atoms with Gasteiger partial charge >= 0.3 is 6.03 Å². The highest BCUT2D eigenvalue weighted by atomic mass is 35.5. The Labute approximate surface area is 168 Å². The fourth-order valence-corrected chi connectivity index (χ4v) is 3.78. The number of amides is 3. The van der Waals surface area contributed by atoms with Crippen LogP contribution in [0.5, 0.6) is 0 Å². The van der Waals surface area contributed by atoms with E-state index in [0.717, 1.165) is 45.4 Å². The number of nitrogens with zero attached hydrogens (tertiary/aromatic N) is 2. The number of carbonyl (C=O) groups excluding carboxylic acids is 2. The van der Waals surface area contributed by atoms with Crippen molar-refractivity contribution in [3.8, 4) is 0 Å². The van der Waals surface area contributed by atoms with Crippen LogP contribution in [-0.2, 0) is 17.8 Å². The normalized spacial score (nSPS) is 17.1. The van der Waals surface area contributed by atoms with Gasteiger partial charge in [-0.15, -0.1) is 12.4 Å². The van der Waals surface area contributed by atoms with Crippen LogP contribution in [0.15, 0.2) is 24.3 Å². The average molecular weight is 395 g/mol. The molecule has 0 spiro atoms. The van der Waals surface area contributed by atoms with Crippen molar-refractivity contribution in [1.29, 1.82) is 0 Å². The molecule has 1 fully saturated rings. The van der Waals surface area contributed by atoms with Crippen LogP contribution < -0.4 is 10.6 Å². The SMILES string of the molecule is CCNCC1CCN(C(=O)CNC(=O)N2CCc3ccccc3C2)CC1.Cl. The van der Waals surface area contributed by atoms with Crippen molar-refractivity contribution in [3.63, 3.8) is 0 Å². The van der Waals surface area contributed by atoms with E-state index in [1.807, 2.05) is 17.0 Å². The Balaban J connectivity index is 0.00000261. The summed E-state index contributed by atoms with van der Waals surface area (Å²) in [6.07, 6.45) is 2.95. The Kier molecular flexibility index (Phi) is 8.38. The van der Waals surface area contributed by atoms with Gasteiger partial charge in [0.1, 0.15) is 0 Å². The van der Waals surface area contributed by atoms with Crippen LogP contribution in [-0.4, -0.2) is 61.0 Å². The minimum atomic E-state index is -0.144. The van der Waals surface area contributed by atoms with Crippen LogP contribution in [0.4, 0.5) is 4.79 Å². The molecule has 0 saturated carbocycles. The first kappa shape index (κ1) is 21.5. The van der Waals surface area contributed by atoms with Gasteiger partial charge in [0.15, 0.2) is 0 Å². The van der Waals surface area contributed by atoms with E-state index in [4.69, 9.17) is 0 Å². The molecule has 7 heteroatoms. The largest absolute Gasteiger partial charge is 0.341 e. The van der Waals surface area contributed by atoms with E-state index in [9.17, 15) is 9.59 Å². The van der Waals surface area contributed by atoms with Gasteiger partial charge in [0.25, 0.3) is 0 Å². The summed E-state index contributed by atoms with van der Waals surface area (Å²) >= 11 is 0. The number of piperidine rings is 1. The third kappa shape index (κ3) is 5.84. The molecule has 1 saturated heterocycles. The molecule has 2 N–H and O–H groups in total.